The molecule has 1 aromatic heterocycles. The van der Waals surface area contributed by atoms with Crippen LogP contribution in [0.1, 0.15) is 35.2 Å². The third-order valence-corrected chi connectivity index (χ3v) is 7.35. The van der Waals surface area contributed by atoms with E-state index in [0.29, 0.717) is 25.2 Å². The van der Waals surface area contributed by atoms with Crippen molar-refractivity contribution in [3.05, 3.63) is 78.1 Å². The van der Waals surface area contributed by atoms with Crippen LogP contribution in [0, 0.1) is 0 Å². The van der Waals surface area contributed by atoms with Crippen LogP contribution in [-0.4, -0.2) is 53.4 Å². The van der Waals surface area contributed by atoms with Gasteiger partial charge in [-0.05, 0) is 43.2 Å². The molecule has 0 unspecified atom stereocenters. The van der Waals surface area contributed by atoms with Crippen LogP contribution >= 0.6 is 0 Å². The van der Waals surface area contributed by atoms with E-state index < -0.39 is 10.0 Å². The van der Waals surface area contributed by atoms with Crippen LogP contribution in [0.15, 0.2) is 71.9 Å². The zero-order valence-corrected chi connectivity index (χ0v) is 18.3. The standard InChI is InChI=1S/C23H26N4O3S/c1-25(17-19-16-24-27(18-19)21-10-4-2-5-11-21)23(28)20-9-8-12-22(15-20)31(29,30)26-13-6-3-7-14-26/h2,4-5,8-12,15-16,18H,3,6-7,13-14,17H2,1H3. The van der Waals surface area contributed by atoms with Gasteiger partial charge in [0.05, 0.1) is 16.8 Å². The van der Waals surface area contributed by atoms with Crippen LogP contribution in [-0.2, 0) is 16.6 Å². The van der Waals surface area contributed by atoms with Gasteiger partial charge in [-0.2, -0.15) is 9.40 Å². The molecule has 1 aliphatic heterocycles. The summed E-state index contributed by atoms with van der Waals surface area (Å²) in [5, 5.41) is 4.36. The van der Waals surface area contributed by atoms with Gasteiger partial charge in [0, 0.05) is 44.0 Å². The minimum atomic E-state index is -3.58. The number of rotatable bonds is 6. The van der Waals surface area contributed by atoms with E-state index in [0.717, 1.165) is 30.5 Å². The summed E-state index contributed by atoms with van der Waals surface area (Å²) in [4.78, 5) is 14.7. The molecule has 7 nitrogen and oxygen atoms in total. The monoisotopic (exact) mass is 438 g/mol. The predicted molar refractivity (Wildman–Crippen MR) is 118 cm³/mol. The molecule has 3 aromatic rings. The molecule has 0 N–H and O–H groups in total. The van der Waals surface area contributed by atoms with Gasteiger partial charge in [0.2, 0.25) is 10.0 Å². The number of amides is 1. The van der Waals surface area contributed by atoms with Crippen LogP contribution in [0.25, 0.3) is 5.69 Å². The van der Waals surface area contributed by atoms with Crippen molar-refractivity contribution in [3.8, 4) is 5.69 Å². The van der Waals surface area contributed by atoms with Crippen LogP contribution in [0.3, 0.4) is 0 Å². The summed E-state index contributed by atoms with van der Waals surface area (Å²) in [5.74, 6) is -0.233. The van der Waals surface area contributed by atoms with Gasteiger partial charge >= 0.3 is 0 Å². The number of sulfonamides is 1. The average molecular weight is 439 g/mol. The van der Waals surface area contributed by atoms with Crippen LogP contribution in [0.2, 0.25) is 0 Å². The van der Waals surface area contributed by atoms with E-state index in [-0.39, 0.29) is 10.8 Å². The fourth-order valence-electron chi connectivity index (χ4n) is 3.77. The summed E-state index contributed by atoms with van der Waals surface area (Å²) >= 11 is 0. The quantitative estimate of drug-likeness (QED) is 0.592. The number of hydrogen-bond acceptors (Lipinski definition) is 4. The first-order valence-electron chi connectivity index (χ1n) is 10.4. The van der Waals surface area contributed by atoms with Gasteiger partial charge in [-0.25, -0.2) is 13.1 Å². The van der Waals surface area contributed by atoms with E-state index in [1.807, 2.05) is 36.5 Å². The van der Waals surface area contributed by atoms with Gasteiger partial charge in [-0.15, -0.1) is 0 Å². The second-order valence-corrected chi connectivity index (χ2v) is 9.72. The summed E-state index contributed by atoms with van der Waals surface area (Å²) in [6, 6.07) is 16.1. The van der Waals surface area contributed by atoms with E-state index in [1.54, 1.807) is 41.0 Å². The van der Waals surface area contributed by atoms with Crippen LogP contribution in [0.4, 0.5) is 0 Å². The lowest BCUT2D eigenvalue weighted by atomic mass is 10.2. The third kappa shape index (κ3) is 4.70. The molecule has 0 aliphatic carbocycles. The van der Waals surface area contributed by atoms with E-state index >= 15 is 0 Å². The number of carbonyl (C=O) groups excluding carboxylic acids is 1. The number of hydrogen-bond donors (Lipinski definition) is 0. The molecule has 1 saturated heterocycles. The number of nitrogens with zero attached hydrogens (tertiary/aromatic N) is 4. The van der Waals surface area contributed by atoms with Gasteiger partial charge < -0.3 is 4.90 Å². The Hall–Kier alpha value is -2.97. The van der Waals surface area contributed by atoms with Crippen molar-refractivity contribution < 1.29 is 13.2 Å². The van der Waals surface area contributed by atoms with Crippen LogP contribution < -0.4 is 0 Å². The SMILES string of the molecule is CN(Cc1cnn(-c2ccccc2)c1)C(=O)c1cccc(S(=O)(=O)N2CCCCC2)c1. The molecule has 2 heterocycles. The van der Waals surface area contributed by atoms with Crippen molar-refractivity contribution in [3.63, 3.8) is 0 Å². The Kier molecular flexibility index (Phi) is 6.20. The van der Waals surface area contributed by atoms with Gasteiger partial charge in [0.25, 0.3) is 5.91 Å². The third-order valence-electron chi connectivity index (χ3n) is 5.46. The number of aromatic nitrogens is 2. The van der Waals surface area contributed by atoms with Crippen molar-refractivity contribution in [2.45, 2.75) is 30.7 Å². The molecule has 0 atom stereocenters. The first kappa shape index (κ1) is 21.3. The molecule has 0 radical (unpaired) electrons. The summed E-state index contributed by atoms with van der Waals surface area (Å²) in [5.41, 5.74) is 2.19. The van der Waals surface area contributed by atoms with E-state index in [4.69, 9.17) is 0 Å². The lowest BCUT2D eigenvalue weighted by Crippen LogP contribution is -2.35. The highest BCUT2D eigenvalue weighted by Gasteiger charge is 2.26. The first-order chi connectivity index (χ1) is 14.9. The lowest BCUT2D eigenvalue weighted by molar-refractivity contribution is 0.0785. The maximum atomic E-state index is 13.0. The first-order valence-corrected chi connectivity index (χ1v) is 11.8. The Labute approximate surface area is 183 Å². The normalized spacial score (nSPS) is 15.0. The summed E-state index contributed by atoms with van der Waals surface area (Å²) < 4.78 is 29.2. The average Bonchev–Trinajstić information content (AvgIpc) is 3.28. The molecule has 0 spiro atoms. The smallest absolute Gasteiger partial charge is 0.253 e. The zero-order valence-electron chi connectivity index (χ0n) is 17.5. The predicted octanol–water partition coefficient (Wildman–Crippen LogP) is 3.32. The van der Waals surface area contributed by atoms with Crippen molar-refractivity contribution in [1.82, 2.24) is 19.0 Å². The number of piperidine rings is 1. The number of benzene rings is 2. The molecular formula is C23H26N4O3S. The van der Waals surface area contributed by atoms with Gasteiger partial charge in [-0.1, -0.05) is 30.7 Å². The van der Waals surface area contributed by atoms with E-state index in [1.165, 1.54) is 10.4 Å². The molecule has 8 heteroatoms. The molecule has 2 aromatic carbocycles. The Balaban J connectivity index is 1.48. The topological polar surface area (TPSA) is 75.5 Å². The van der Waals surface area contributed by atoms with E-state index in [2.05, 4.69) is 5.10 Å². The van der Waals surface area contributed by atoms with Gasteiger partial charge in [0.15, 0.2) is 0 Å². The Morgan fingerprint density at radius 1 is 1.03 bits per heavy atom. The zero-order chi connectivity index (χ0) is 21.8. The molecule has 31 heavy (non-hydrogen) atoms. The molecule has 1 fully saturated rings. The number of carbonyl (C=O) groups is 1. The summed E-state index contributed by atoms with van der Waals surface area (Å²) in [6.07, 6.45) is 6.41. The van der Waals surface area contributed by atoms with Gasteiger partial charge in [-0.3, -0.25) is 4.79 Å². The Morgan fingerprint density at radius 3 is 2.52 bits per heavy atom. The molecule has 0 bridgehead atoms. The maximum absolute atomic E-state index is 13.0. The Bertz CT molecular complexity index is 1150. The highest BCUT2D eigenvalue weighted by Crippen LogP contribution is 2.22. The molecular weight excluding hydrogens is 412 g/mol. The largest absolute Gasteiger partial charge is 0.337 e. The van der Waals surface area contributed by atoms with Crippen molar-refractivity contribution in [1.29, 1.82) is 0 Å². The molecule has 1 amide bonds. The fourth-order valence-corrected chi connectivity index (χ4v) is 5.34. The van der Waals surface area contributed by atoms with Crippen molar-refractivity contribution >= 4 is 15.9 Å². The summed E-state index contributed by atoms with van der Waals surface area (Å²) in [6.45, 7) is 1.44. The fraction of sp³-hybridized carbons (Fsp3) is 0.304. The number of para-hydroxylation sites is 1. The van der Waals surface area contributed by atoms with E-state index in [9.17, 15) is 13.2 Å². The van der Waals surface area contributed by atoms with Gasteiger partial charge in [0.1, 0.15) is 0 Å². The molecule has 162 valence electrons. The molecule has 1 aliphatic rings. The highest BCUT2D eigenvalue weighted by atomic mass is 32.2. The molecule has 4 rings (SSSR count). The van der Waals surface area contributed by atoms with Crippen molar-refractivity contribution in [2.75, 3.05) is 20.1 Å². The van der Waals surface area contributed by atoms with Crippen LogP contribution in [0.5, 0.6) is 0 Å². The lowest BCUT2D eigenvalue weighted by Gasteiger charge is -2.26. The second kappa shape index (κ2) is 9.03. The highest BCUT2D eigenvalue weighted by molar-refractivity contribution is 7.89. The minimum absolute atomic E-state index is 0.172. The minimum Gasteiger partial charge on any atom is -0.337 e. The van der Waals surface area contributed by atoms with Crippen molar-refractivity contribution in [2.24, 2.45) is 0 Å². The molecule has 0 saturated carbocycles. The summed E-state index contributed by atoms with van der Waals surface area (Å²) in [7, 11) is -1.88. The maximum Gasteiger partial charge on any atom is 0.253 e. The second-order valence-electron chi connectivity index (χ2n) is 7.78. The Morgan fingerprint density at radius 2 is 1.77 bits per heavy atom.